The molecule has 0 saturated heterocycles. The molecule has 0 aliphatic carbocycles. The van der Waals surface area contributed by atoms with Crippen molar-refractivity contribution < 1.29 is 37.0 Å². The van der Waals surface area contributed by atoms with Crippen molar-refractivity contribution in [3.8, 4) is 17.2 Å². The highest BCUT2D eigenvalue weighted by Gasteiger charge is 2.36. The van der Waals surface area contributed by atoms with Gasteiger partial charge in [0.25, 0.3) is 5.91 Å². The minimum absolute atomic E-state index is 0.0385. The third kappa shape index (κ3) is 9.43. The molecule has 0 unspecified atom stereocenters. The number of carbonyl (C=O) groups is 2. The Morgan fingerprint density at radius 3 is 2.24 bits per heavy atom. The van der Waals surface area contributed by atoms with Crippen LogP contribution in [-0.4, -0.2) is 34.5 Å². The molecule has 260 valence electrons. The molecule has 12 heteroatoms. The Morgan fingerprint density at radius 2 is 1.52 bits per heavy atom. The Hall–Kier alpha value is -5.78. The van der Waals surface area contributed by atoms with E-state index in [1.807, 2.05) is 54.6 Å². The number of hydrogen-bond acceptors (Lipinski definition) is 6. The summed E-state index contributed by atoms with van der Waals surface area (Å²) in [5, 5.41) is 9.07. The molecule has 1 heterocycles. The number of carbonyl (C=O) groups excluding carboxylic acids is 2. The van der Waals surface area contributed by atoms with Gasteiger partial charge in [0.2, 0.25) is 0 Å². The Balaban J connectivity index is 1.36. The molecule has 2 amide bonds. The maximum absolute atomic E-state index is 13.8. The van der Waals surface area contributed by atoms with Crippen molar-refractivity contribution in [2.75, 3.05) is 12.4 Å². The number of para-hydroxylation sites is 1. The number of methoxy groups -OCH3 is 1. The van der Waals surface area contributed by atoms with Gasteiger partial charge in [0.1, 0.15) is 17.9 Å². The van der Waals surface area contributed by atoms with Gasteiger partial charge in [0, 0.05) is 30.3 Å². The molecule has 9 nitrogen and oxygen atoms in total. The second-order valence-electron chi connectivity index (χ2n) is 12.4. The summed E-state index contributed by atoms with van der Waals surface area (Å²) in [6.45, 7) is 5.56. The maximum atomic E-state index is 13.8. The minimum Gasteiger partial charge on any atom is -0.493 e. The first-order chi connectivity index (χ1) is 23.8. The lowest BCUT2D eigenvalue weighted by Gasteiger charge is -2.19. The van der Waals surface area contributed by atoms with Crippen LogP contribution < -0.4 is 20.1 Å². The summed E-state index contributed by atoms with van der Waals surface area (Å²) in [6, 6.07) is 29.4. The molecule has 0 bridgehead atoms. The number of alkyl halides is 3. The molecule has 0 fully saturated rings. The van der Waals surface area contributed by atoms with Crippen LogP contribution in [0.1, 0.15) is 59.2 Å². The van der Waals surface area contributed by atoms with Crippen molar-refractivity contribution in [3.05, 3.63) is 137 Å². The van der Waals surface area contributed by atoms with Gasteiger partial charge >= 0.3 is 12.3 Å². The predicted molar refractivity (Wildman–Crippen MR) is 183 cm³/mol. The first-order valence-corrected chi connectivity index (χ1v) is 15.8. The van der Waals surface area contributed by atoms with Crippen molar-refractivity contribution in [3.63, 3.8) is 0 Å². The zero-order chi connectivity index (χ0) is 35.9. The van der Waals surface area contributed by atoms with E-state index in [9.17, 15) is 22.8 Å². The summed E-state index contributed by atoms with van der Waals surface area (Å²) in [7, 11) is 1.57. The number of rotatable bonds is 11. The molecule has 5 aromatic rings. The highest BCUT2D eigenvalue weighted by Crippen LogP contribution is 2.34. The Bertz CT molecular complexity index is 1950. The molecule has 5 rings (SSSR count). The average Bonchev–Trinajstić information content (AvgIpc) is 3.54. The van der Waals surface area contributed by atoms with Gasteiger partial charge in [-0.1, -0.05) is 66.7 Å². The Kier molecular flexibility index (Phi) is 10.8. The van der Waals surface area contributed by atoms with Gasteiger partial charge in [-0.15, -0.1) is 0 Å². The van der Waals surface area contributed by atoms with Crippen LogP contribution in [0.2, 0.25) is 0 Å². The van der Waals surface area contributed by atoms with Crippen LogP contribution in [0.15, 0.2) is 103 Å². The van der Waals surface area contributed by atoms with Crippen molar-refractivity contribution in [1.82, 2.24) is 15.1 Å². The largest absolute Gasteiger partial charge is 0.493 e. The summed E-state index contributed by atoms with van der Waals surface area (Å²) < 4.78 is 59.4. The van der Waals surface area contributed by atoms with Gasteiger partial charge in [-0.2, -0.15) is 18.3 Å². The molecule has 2 N–H and O–H groups in total. The summed E-state index contributed by atoms with van der Waals surface area (Å²) in [6.07, 6.45) is -5.02. The molecule has 0 radical (unpaired) electrons. The van der Waals surface area contributed by atoms with Crippen molar-refractivity contribution >= 4 is 17.7 Å². The summed E-state index contributed by atoms with van der Waals surface area (Å²) in [4.78, 5) is 25.7. The number of aromatic nitrogens is 2. The zero-order valence-electron chi connectivity index (χ0n) is 28.0. The highest BCUT2D eigenvalue weighted by molar-refractivity contribution is 6.03. The van der Waals surface area contributed by atoms with E-state index in [-0.39, 0.29) is 17.9 Å². The lowest BCUT2D eigenvalue weighted by atomic mass is 10.0. The van der Waals surface area contributed by atoms with E-state index in [1.54, 1.807) is 58.2 Å². The Morgan fingerprint density at radius 1 is 0.820 bits per heavy atom. The molecule has 0 aliphatic heterocycles. The second-order valence-corrected chi connectivity index (χ2v) is 12.4. The van der Waals surface area contributed by atoms with Gasteiger partial charge in [-0.25, -0.2) is 9.48 Å². The number of ether oxygens (including phenoxy) is 3. The fourth-order valence-corrected chi connectivity index (χ4v) is 5.09. The molecule has 1 aromatic heterocycles. The van der Waals surface area contributed by atoms with Gasteiger partial charge in [0.05, 0.1) is 12.8 Å². The number of nitrogens with zero attached hydrogens (tertiary/aromatic N) is 2. The highest BCUT2D eigenvalue weighted by atomic mass is 19.4. The van der Waals surface area contributed by atoms with E-state index in [1.165, 1.54) is 12.1 Å². The van der Waals surface area contributed by atoms with Crippen molar-refractivity contribution in [1.29, 1.82) is 0 Å². The Labute approximate surface area is 288 Å². The molecule has 0 saturated carbocycles. The number of nitrogens with one attached hydrogen (secondary N) is 2. The number of halogens is 3. The smallest absolute Gasteiger partial charge is 0.435 e. The van der Waals surface area contributed by atoms with Crippen molar-refractivity contribution in [2.24, 2.45) is 0 Å². The summed E-state index contributed by atoms with van der Waals surface area (Å²) in [5.74, 6) is 0.359. The maximum Gasteiger partial charge on any atom is 0.435 e. The van der Waals surface area contributed by atoms with Crippen LogP contribution in [0, 0.1) is 0 Å². The number of anilines is 1. The number of amides is 2. The SMILES string of the molecule is COc1cccc(Cc2cccc(NC(=O)c3cc(C(F)(F)F)nn3-c3cccc(CNC(=O)OC(C)(C)C)c3)c2)c1OCc1ccccc1. The zero-order valence-corrected chi connectivity index (χ0v) is 28.0. The molecular formula is C38H37F3N4O5. The first kappa shape index (κ1) is 35.5. The van der Waals surface area contributed by atoms with Crippen molar-refractivity contribution in [2.45, 2.75) is 52.1 Å². The molecule has 0 aliphatic rings. The lowest BCUT2D eigenvalue weighted by molar-refractivity contribution is -0.141. The minimum atomic E-state index is -4.80. The normalized spacial score (nSPS) is 11.5. The van der Waals surface area contributed by atoms with E-state index in [0.29, 0.717) is 41.8 Å². The fraction of sp³-hybridized carbons (Fsp3) is 0.237. The van der Waals surface area contributed by atoms with Crippen LogP contribution in [-0.2, 0) is 30.5 Å². The molecule has 50 heavy (non-hydrogen) atoms. The number of alkyl carbamates (subject to hydrolysis) is 1. The van der Waals surface area contributed by atoms with E-state index in [2.05, 4.69) is 15.7 Å². The molecular weight excluding hydrogens is 649 g/mol. The van der Waals surface area contributed by atoms with Crippen LogP contribution in [0.5, 0.6) is 11.5 Å². The number of hydrogen-bond donors (Lipinski definition) is 2. The standard InChI is InChI=1S/C38H37F3N4O5/c1-37(2,3)50-36(47)42-23-27-14-9-17-30(21-27)45-31(22-33(44-45)38(39,40)41)35(46)43-29-16-8-13-26(20-29)19-28-15-10-18-32(48-4)34(28)49-24-25-11-6-5-7-12-25/h5-18,20-22H,19,23-24H2,1-4H3,(H,42,47)(H,43,46). The average molecular weight is 687 g/mol. The van der Waals surface area contributed by atoms with Crippen LogP contribution in [0.3, 0.4) is 0 Å². The molecule has 4 aromatic carbocycles. The van der Waals surface area contributed by atoms with Gasteiger partial charge < -0.3 is 24.8 Å². The molecule has 0 atom stereocenters. The van der Waals surface area contributed by atoms with Gasteiger partial charge in [0.15, 0.2) is 17.2 Å². The summed E-state index contributed by atoms with van der Waals surface area (Å²) in [5.41, 5.74) is 1.52. The molecule has 0 spiro atoms. The van der Waals surface area contributed by atoms with E-state index in [0.717, 1.165) is 21.4 Å². The van der Waals surface area contributed by atoms with Crippen LogP contribution >= 0.6 is 0 Å². The van der Waals surface area contributed by atoms with Crippen LogP contribution in [0.25, 0.3) is 5.69 Å². The third-order valence-corrected chi connectivity index (χ3v) is 7.31. The predicted octanol–water partition coefficient (Wildman–Crippen LogP) is 8.35. The lowest BCUT2D eigenvalue weighted by Crippen LogP contribution is -2.32. The monoisotopic (exact) mass is 686 g/mol. The van der Waals surface area contributed by atoms with E-state index in [4.69, 9.17) is 14.2 Å². The first-order valence-electron chi connectivity index (χ1n) is 15.8. The number of benzene rings is 4. The van der Waals surface area contributed by atoms with E-state index >= 15 is 0 Å². The van der Waals surface area contributed by atoms with E-state index < -0.39 is 29.5 Å². The van der Waals surface area contributed by atoms with Gasteiger partial charge in [-0.3, -0.25) is 4.79 Å². The summed E-state index contributed by atoms with van der Waals surface area (Å²) >= 11 is 0. The van der Waals surface area contributed by atoms with Gasteiger partial charge in [-0.05, 0) is 67.8 Å². The van der Waals surface area contributed by atoms with Crippen LogP contribution in [0.4, 0.5) is 23.7 Å². The topological polar surface area (TPSA) is 104 Å². The quantitative estimate of drug-likeness (QED) is 0.145. The second kappa shape index (κ2) is 15.2. The third-order valence-electron chi connectivity index (χ3n) is 7.31. The fourth-order valence-electron chi connectivity index (χ4n) is 5.09.